The summed E-state index contributed by atoms with van der Waals surface area (Å²) in [6.07, 6.45) is 2.47. The first-order valence-electron chi connectivity index (χ1n) is 7.64. The van der Waals surface area contributed by atoms with Crippen molar-refractivity contribution in [3.05, 3.63) is 29.8 Å². The Labute approximate surface area is 124 Å². The van der Waals surface area contributed by atoms with Crippen molar-refractivity contribution >= 4 is 0 Å². The maximum atomic E-state index is 5.41. The number of ether oxygens (including phenoxy) is 1. The molecule has 1 N–H and O–H groups in total. The lowest BCUT2D eigenvalue weighted by atomic mass is 10.1. The number of methoxy groups -OCH3 is 1. The molecule has 20 heavy (non-hydrogen) atoms. The summed E-state index contributed by atoms with van der Waals surface area (Å²) in [6.45, 7) is 8.69. The molecule has 0 heterocycles. The van der Waals surface area contributed by atoms with Crippen molar-refractivity contribution in [2.45, 2.75) is 52.2 Å². The number of benzene rings is 1. The van der Waals surface area contributed by atoms with Gasteiger partial charge >= 0.3 is 0 Å². The molecule has 0 aliphatic heterocycles. The van der Waals surface area contributed by atoms with E-state index in [2.05, 4.69) is 50.2 Å². The zero-order valence-corrected chi connectivity index (χ0v) is 13.6. The highest BCUT2D eigenvalue weighted by Crippen LogP contribution is 2.19. The summed E-state index contributed by atoms with van der Waals surface area (Å²) >= 11 is 0. The largest absolute Gasteiger partial charge is 0.496 e. The van der Waals surface area contributed by atoms with Gasteiger partial charge in [0.2, 0.25) is 0 Å². The molecule has 0 fully saturated rings. The monoisotopic (exact) mass is 278 g/mol. The Hall–Kier alpha value is -1.06. The molecule has 0 aliphatic carbocycles. The molecule has 0 aromatic heterocycles. The lowest BCUT2D eigenvalue weighted by Crippen LogP contribution is -2.40. The summed E-state index contributed by atoms with van der Waals surface area (Å²) in [5.74, 6) is 0.971. The SMILES string of the molecule is CCCC(C)NCC(C)N(C)Cc1ccccc1OC. The van der Waals surface area contributed by atoms with Gasteiger partial charge in [0.15, 0.2) is 0 Å². The highest BCUT2D eigenvalue weighted by Gasteiger charge is 2.12. The molecule has 0 aliphatic rings. The normalized spacial score (nSPS) is 14.3. The van der Waals surface area contributed by atoms with Crippen molar-refractivity contribution < 1.29 is 4.74 Å². The molecule has 1 rings (SSSR count). The van der Waals surface area contributed by atoms with E-state index in [1.54, 1.807) is 7.11 Å². The van der Waals surface area contributed by atoms with E-state index < -0.39 is 0 Å². The van der Waals surface area contributed by atoms with Gasteiger partial charge in [0.05, 0.1) is 7.11 Å². The molecular formula is C17H30N2O. The summed E-state index contributed by atoms with van der Waals surface area (Å²) < 4.78 is 5.41. The number of hydrogen-bond donors (Lipinski definition) is 1. The van der Waals surface area contributed by atoms with Crippen LogP contribution in [0.4, 0.5) is 0 Å². The van der Waals surface area contributed by atoms with Crippen LogP contribution in [0.5, 0.6) is 5.75 Å². The lowest BCUT2D eigenvalue weighted by Gasteiger charge is -2.27. The van der Waals surface area contributed by atoms with Crippen LogP contribution in [-0.4, -0.2) is 37.7 Å². The molecule has 1 aromatic carbocycles. The van der Waals surface area contributed by atoms with Crippen molar-refractivity contribution in [3.63, 3.8) is 0 Å². The van der Waals surface area contributed by atoms with Crippen LogP contribution >= 0.6 is 0 Å². The maximum Gasteiger partial charge on any atom is 0.123 e. The number of nitrogens with one attached hydrogen (secondary N) is 1. The second-order valence-corrected chi connectivity index (χ2v) is 5.67. The van der Waals surface area contributed by atoms with Gasteiger partial charge in [0, 0.05) is 30.7 Å². The van der Waals surface area contributed by atoms with Crippen molar-refractivity contribution in [3.8, 4) is 5.75 Å². The van der Waals surface area contributed by atoms with Gasteiger partial charge in [0.25, 0.3) is 0 Å². The van der Waals surface area contributed by atoms with E-state index in [9.17, 15) is 0 Å². The van der Waals surface area contributed by atoms with Gasteiger partial charge in [-0.25, -0.2) is 0 Å². The smallest absolute Gasteiger partial charge is 0.123 e. The quantitative estimate of drug-likeness (QED) is 0.750. The summed E-state index contributed by atoms with van der Waals surface area (Å²) in [4.78, 5) is 2.36. The minimum Gasteiger partial charge on any atom is -0.496 e. The number of rotatable bonds is 9. The molecule has 0 amide bonds. The number of nitrogens with zero attached hydrogens (tertiary/aromatic N) is 1. The first-order valence-corrected chi connectivity index (χ1v) is 7.64. The zero-order chi connectivity index (χ0) is 15.0. The van der Waals surface area contributed by atoms with Gasteiger partial charge in [-0.1, -0.05) is 31.5 Å². The molecule has 0 spiro atoms. The van der Waals surface area contributed by atoms with E-state index in [4.69, 9.17) is 4.74 Å². The molecule has 0 bridgehead atoms. The standard InChI is InChI=1S/C17H30N2O/c1-6-9-14(2)18-12-15(3)19(4)13-16-10-7-8-11-17(16)20-5/h7-8,10-11,14-15,18H,6,9,12-13H2,1-5H3. The third-order valence-electron chi connectivity index (χ3n) is 3.85. The molecule has 114 valence electrons. The van der Waals surface area contributed by atoms with E-state index in [1.165, 1.54) is 18.4 Å². The van der Waals surface area contributed by atoms with E-state index in [-0.39, 0.29) is 0 Å². The van der Waals surface area contributed by atoms with Crippen LogP contribution in [0.25, 0.3) is 0 Å². The molecule has 0 saturated heterocycles. The van der Waals surface area contributed by atoms with Crippen LogP contribution in [0.3, 0.4) is 0 Å². The van der Waals surface area contributed by atoms with E-state index >= 15 is 0 Å². The minimum absolute atomic E-state index is 0.499. The van der Waals surface area contributed by atoms with Gasteiger partial charge in [0.1, 0.15) is 5.75 Å². The fourth-order valence-electron chi connectivity index (χ4n) is 2.32. The van der Waals surface area contributed by atoms with Crippen molar-refractivity contribution in [1.29, 1.82) is 0 Å². The molecule has 3 heteroatoms. The third kappa shape index (κ3) is 5.51. The predicted octanol–water partition coefficient (Wildman–Crippen LogP) is 3.29. The van der Waals surface area contributed by atoms with Crippen LogP contribution in [-0.2, 0) is 6.54 Å². The Morgan fingerprint density at radius 1 is 1.25 bits per heavy atom. The highest BCUT2D eigenvalue weighted by atomic mass is 16.5. The lowest BCUT2D eigenvalue weighted by molar-refractivity contribution is 0.234. The second kappa shape index (κ2) is 8.98. The summed E-state index contributed by atoms with van der Waals surface area (Å²) in [5.41, 5.74) is 1.24. The minimum atomic E-state index is 0.499. The first-order chi connectivity index (χ1) is 9.58. The van der Waals surface area contributed by atoms with Gasteiger partial charge in [-0.3, -0.25) is 4.90 Å². The molecule has 1 aromatic rings. The van der Waals surface area contributed by atoms with Crippen LogP contribution in [0.2, 0.25) is 0 Å². The van der Waals surface area contributed by atoms with Crippen LogP contribution in [0, 0.1) is 0 Å². The van der Waals surface area contributed by atoms with Gasteiger partial charge in [-0.15, -0.1) is 0 Å². The average Bonchev–Trinajstić information content (AvgIpc) is 2.45. The number of hydrogen-bond acceptors (Lipinski definition) is 3. The summed E-state index contributed by atoms with van der Waals surface area (Å²) in [7, 11) is 3.90. The first kappa shape index (κ1) is 17.0. The molecule has 0 saturated carbocycles. The van der Waals surface area contributed by atoms with Crippen molar-refractivity contribution in [1.82, 2.24) is 10.2 Å². The van der Waals surface area contributed by atoms with Gasteiger partial charge in [-0.2, -0.15) is 0 Å². The Kier molecular flexibility index (Phi) is 7.63. The zero-order valence-electron chi connectivity index (χ0n) is 13.6. The maximum absolute atomic E-state index is 5.41. The van der Waals surface area contributed by atoms with E-state index in [1.807, 2.05) is 12.1 Å². The second-order valence-electron chi connectivity index (χ2n) is 5.67. The van der Waals surface area contributed by atoms with E-state index in [0.29, 0.717) is 12.1 Å². The highest BCUT2D eigenvalue weighted by molar-refractivity contribution is 5.33. The number of likely N-dealkylation sites (N-methyl/N-ethyl adjacent to an activating group) is 1. The van der Waals surface area contributed by atoms with Crippen LogP contribution in [0.15, 0.2) is 24.3 Å². The average molecular weight is 278 g/mol. The Balaban J connectivity index is 2.46. The third-order valence-corrected chi connectivity index (χ3v) is 3.85. The van der Waals surface area contributed by atoms with Gasteiger partial charge in [-0.05, 0) is 33.4 Å². The molecule has 3 nitrogen and oxygen atoms in total. The van der Waals surface area contributed by atoms with E-state index in [0.717, 1.165) is 18.8 Å². The summed E-state index contributed by atoms with van der Waals surface area (Å²) in [5, 5.41) is 3.61. The summed E-state index contributed by atoms with van der Waals surface area (Å²) in [6, 6.07) is 9.34. The molecular weight excluding hydrogens is 248 g/mol. The molecule has 0 radical (unpaired) electrons. The Morgan fingerprint density at radius 3 is 2.60 bits per heavy atom. The van der Waals surface area contributed by atoms with Crippen LogP contribution in [0.1, 0.15) is 39.2 Å². The molecule has 2 atom stereocenters. The Bertz CT molecular complexity index is 381. The molecule has 2 unspecified atom stereocenters. The van der Waals surface area contributed by atoms with Crippen molar-refractivity contribution in [2.75, 3.05) is 20.7 Å². The van der Waals surface area contributed by atoms with Gasteiger partial charge < -0.3 is 10.1 Å². The van der Waals surface area contributed by atoms with Crippen LogP contribution < -0.4 is 10.1 Å². The van der Waals surface area contributed by atoms with Crippen molar-refractivity contribution in [2.24, 2.45) is 0 Å². The topological polar surface area (TPSA) is 24.5 Å². The Morgan fingerprint density at radius 2 is 1.95 bits per heavy atom. The number of para-hydroxylation sites is 1. The predicted molar refractivity (Wildman–Crippen MR) is 86.3 cm³/mol. The fraction of sp³-hybridized carbons (Fsp3) is 0.647. The fourth-order valence-corrected chi connectivity index (χ4v) is 2.32.